The highest BCUT2D eigenvalue weighted by Crippen LogP contribution is 2.54. The maximum absolute atomic E-state index is 10.5. The predicted octanol–water partition coefficient (Wildman–Crippen LogP) is 10.4. The third-order valence-corrected chi connectivity index (χ3v) is 9.14. The van der Waals surface area contributed by atoms with Crippen LogP contribution in [0, 0.1) is 13.8 Å². The molecule has 0 bridgehead atoms. The highest BCUT2D eigenvalue weighted by Gasteiger charge is 2.42. The molecule has 0 saturated heterocycles. The molecule has 0 heterocycles. The number of phenolic OH excluding ortho intramolecular Hbond substituents is 2. The Kier molecular flexibility index (Phi) is 13.1. The summed E-state index contributed by atoms with van der Waals surface area (Å²) in [7, 11) is 0. The largest absolute Gasteiger partial charge is 0.508 e. The second-order valence-electron chi connectivity index (χ2n) is 12.2. The van der Waals surface area contributed by atoms with Crippen LogP contribution in [0.2, 0.25) is 0 Å². The van der Waals surface area contributed by atoms with Gasteiger partial charge in [-0.1, -0.05) is 140 Å². The van der Waals surface area contributed by atoms with E-state index in [1.165, 1.54) is 27.8 Å². The quantitative estimate of drug-likeness (QED) is 0.159. The first-order chi connectivity index (χ1) is 22.6. The lowest BCUT2D eigenvalue weighted by Gasteiger charge is -2.29. The molecule has 8 rings (SSSR count). The van der Waals surface area contributed by atoms with Crippen LogP contribution in [0.4, 0.5) is 0 Å². The summed E-state index contributed by atoms with van der Waals surface area (Å²) in [5.41, 5.74) is 11.5. The van der Waals surface area contributed by atoms with E-state index in [9.17, 15) is 10.2 Å². The van der Waals surface area contributed by atoms with Gasteiger partial charge in [0.25, 0.3) is 0 Å². The number of phenols is 2. The van der Waals surface area contributed by atoms with Crippen LogP contribution in [0.5, 0.6) is 11.5 Å². The average Bonchev–Trinajstić information content (AvgIpc) is 3.51. The lowest BCUT2D eigenvalue weighted by Crippen LogP contribution is -2.22. The van der Waals surface area contributed by atoms with Gasteiger partial charge in [-0.3, -0.25) is 0 Å². The summed E-state index contributed by atoms with van der Waals surface area (Å²) in [5, 5.41) is 29.8. The highest BCUT2D eigenvalue weighted by atomic mass is 32.8. The molecule has 0 spiro atoms. The van der Waals surface area contributed by atoms with E-state index in [-0.39, 0.29) is 26.3 Å². The SMILES string of the molecule is C.CC1(O)c2ccccc2-c2ccccc21.Cc1ccc(O)c(C2(C)c3ccccc3-c3ccccc32)c1.Cc1ccc(O)cc1.S.S=S. The van der Waals surface area contributed by atoms with E-state index >= 15 is 0 Å². The summed E-state index contributed by atoms with van der Waals surface area (Å²) in [6.07, 6.45) is 0. The minimum absolute atomic E-state index is 0. The van der Waals surface area contributed by atoms with Crippen molar-refractivity contribution in [3.63, 3.8) is 0 Å². The first-order valence-electron chi connectivity index (χ1n) is 15.5. The van der Waals surface area contributed by atoms with Crippen LogP contribution < -0.4 is 0 Å². The molecule has 0 unspecified atom stereocenters. The van der Waals surface area contributed by atoms with Crippen LogP contribution in [-0.2, 0) is 33.4 Å². The van der Waals surface area contributed by atoms with Crippen molar-refractivity contribution >= 4 is 35.9 Å². The van der Waals surface area contributed by atoms with E-state index in [0.29, 0.717) is 11.5 Å². The van der Waals surface area contributed by atoms with Crippen LogP contribution in [0.1, 0.15) is 60.2 Å². The minimum atomic E-state index is -0.840. The number of hydrogen-bond acceptors (Lipinski definition) is 5. The van der Waals surface area contributed by atoms with E-state index < -0.39 is 5.60 Å². The summed E-state index contributed by atoms with van der Waals surface area (Å²) < 4.78 is 0. The van der Waals surface area contributed by atoms with Gasteiger partial charge in [0.1, 0.15) is 17.1 Å². The predicted molar refractivity (Wildman–Crippen MR) is 216 cm³/mol. The van der Waals surface area contributed by atoms with Crippen molar-refractivity contribution in [2.75, 3.05) is 0 Å². The molecule has 0 amide bonds. The van der Waals surface area contributed by atoms with Crippen molar-refractivity contribution in [2.45, 2.75) is 46.1 Å². The van der Waals surface area contributed by atoms with Gasteiger partial charge >= 0.3 is 0 Å². The van der Waals surface area contributed by atoms with Crippen LogP contribution in [-0.4, -0.2) is 15.3 Å². The molecule has 6 heteroatoms. The number of benzene rings is 6. The Morgan fingerprint density at radius 1 is 0.469 bits per heavy atom. The molecular weight excluding hydrogens is 661 g/mol. The number of rotatable bonds is 1. The van der Waals surface area contributed by atoms with Crippen molar-refractivity contribution < 1.29 is 15.3 Å². The van der Waals surface area contributed by atoms with Crippen molar-refractivity contribution in [1.29, 1.82) is 0 Å². The monoisotopic (exact) mass is 704 g/mol. The molecule has 252 valence electrons. The molecule has 6 aromatic rings. The molecule has 2 aliphatic carbocycles. The van der Waals surface area contributed by atoms with Gasteiger partial charge < -0.3 is 15.3 Å². The van der Waals surface area contributed by atoms with Crippen molar-refractivity contribution in [2.24, 2.45) is 0 Å². The third-order valence-electron chi connectivity index (χ3n) is 9.14. The van der Waals surface area contributed by atoms with E-state index in [4.69, 9.17) is 5.11 Å². The fraction of sp³-hybridized carbons (Fsp3) is 0.163. The Labute approximate surface area is 308 Å². The van der Waals surface area contributed by atoms with Crippen molar-refractivity contribution in [3.05, 3.63) is 178 Å². The second-order valence-corrected chi connectivity index (χ2v) is 12.2. The number of hydrogen-bond donors (Lipinski definition) is 3. The fourth-order valence-electron chi connectivity index (χ4n) is 6.77. The zero-order chi connectivity index (χ0) is 33.8. The molecule has 2 aliphatic rings. The molecule has 49 heavy (non-hydrogen) atoms. The summed E-state index contributed by atoms with van der Waals surface area (Å²) >= 11 is 7.33. The number of aromatic hydroxyl groups is 2. The summed E-state index contributed by atoms with van der Waals surface area (Å²) in [6, 6.07) is 46.1. The average molecular weight is 705 g/mol. The molecule has 0 saturated carbocycles. The van der Waals surface area contributed by atoms with E-state index in [0.717, 1.165) is 33.4 Å². The molecule has 0 aliphatic heterocycles. The maximum atomic E-state index is 10.5. The number of fused-ring (bicyclic) bond motifs is 6. The van der Waals surface area contributed by atoms with Crippen molar-refractivity contribution in [3.8, 4) is 33.8 Å². The van der Waals surface area contributed by atoms with Gasteiger partial charge in [-0.2, -0.15) is 13.5 Å². The van der Waals surface area contributed by atoms with Gasteiger partial charge in [0.15, 0.2) is 0 Å². The van der Waals surface area contributed by atoms with Crippen molar-refractivity contribution in [1.82, 2.24) is 0 Å². The third kappa shape index (κ3) is 7.48. The Hall–Kier alpha value is -4.33. The maximum Gasteiger partial charge on any atom is 0.120 e. The highest BCUT2D eigenvalue weighted by molar-refractivity contribution is 8.07. The van der Waals surface area contributed by atoms with E-state index in [1.807, 2.05) is 68.4 Å². The molecule has 0 fully saturated rings. The Morgan fingerprint density at radius 2 is 0.816 bits per heavy atom. The zero-order valence-electron chi connectivity index (χ0n) is 27.4. The van der Waals surface area contributed by atoms with Gasteiger partial charge in [0.05, 0.1) is 0 Å². The topological polar surface area (TPSA) is 60.7 Å². The minimum Gasteiger partial charge on any atom is -0.508 e. The molecule has 0 atom stereocenters. The molecule has 6 aromatic carbocycles. The van der Waals surface area contributed by atoms with Gasteiger partial charge in [-0.15, -0.1) is 0 Å². The van der Waals surface area contributed by atoms with Gasteiger partial charge in [-0.05, 0) is 90.4 Å². The Balaban J connectivity index is 0.000000209. The van der Waals surface area contributed by atoms with Crippen LogP contribution >= 0.6 is 13.5 Å². The lowest BCUT2D eigenvalue weighted by atomic mass is 9.73. The standard InChI is InChI=1S/C21H18O.C14H12O.C7H8O.CH4.S2.H2S/c1-14-11-12-20(22)19(13-14)21(2)17-9-5-3-7-15(17)16-8-4-6-10-18(16)21;1-14(15)12-8-4-2-6-10(12)11-7-3-5-9-13(11)14;1-6-2-4-7(8)5-3-6;;1-2;/h3-13,22H,1-2H3;2-9,15H,1H3;2-5,8H,1H3;1H4;;1H2. The van der Waals surface area contributed by atoms with Crippen LogP contribution in [0.15, 0.2) is 140 Å². The van der Waals surface area contributed by atoms with Crippen LogP contribution in [0.3, 0.4) is 0 Å². The molecular formula is C43H44O3S3. The molecule has 0 radical (unpaired) electrons. The number of aliphatic hydroxyl groups is 1. The number of aryl methyl sites for hydroxylation is 2. The molecule has 3 N–H and O–H groups in total. The van der Waals surface area contributed by atoms with Gasteiger partial charge in [-0.25, -0.2) is 0 Å². The lowest BCUT2D eigenvalue weighted by molar-refractivity contribution is 0.107. The molecule has 3 nitrogen and oxygen atoms in total. The van der Waals surface area contributed by atoms with Gasteiger partial charge in [0, 0.05) is 33.4 Å². The Bertz CT molecular complexity index is 1900. The summed E-state index contributed by atoms with van der Waals surface area (Å²) in [4.78, 5) is 0. The fourth-order valence-corrected chi connectivity index (χ4v) is 6.77. The summed E-state index contributed by atoms with van der Waals surface area (Å²) in [6.45, 7) is 8.13. The summed E-state index contributed by atoms with van der Waals surface area (Å²) in [5.74, 6) is 0.690. The smallest absolute Gasteiger partial charge is 0.120 e. The molecule has 0 aromatic heterocycles. The van der Waals surface area contributed by atoms with E-state index in [2.05, 4.69) is 103 Å². The van der Waals surface area contributed by atoms with Crippen LogP contribution in [0.25, 0.3) is 22.3 Å². The first kappa shape index (κ1) is 39.1. The Morgan fingerprint density at radius 3 is 1.22 bits per heavy atom. The van der Waals surface area contributed by atoms with E-state index in [1.54, 1.807) is 18.2 Å². The normalized spacial score (nSPS) is 12.9. The zero-order valence-corrected chi connectivity index (χ0v) is 30.1. The second kappa shape index (κ2) is 16.4. The first-order valence-corrected chi connectivity index (χ1v) is 16.8. The van der Waals surface area contributed by atoms with Gasteiger partial charge in [0.2, 0.25) is 0 Å².